The Labute approximate surface area is 83.7 Å². The van der Waals surface area contributed by atoms with E-state index in [1.807, 2.05) is 37.3 Å². The maximum absolute atomic E-state index is 5.99. The average molecular weight is 199 g/mol. The third-order valence-electron chi connectivity index (χ3n) is 1.66. The predicted octanol–water partition coefficient (Wildman–Crippen LogP) is 3.59. The second-order valence-electron chi connectivity index (χ2n) is 2.56. The summed E-state index contributed by atoms with van der Waals surface area (Å²) in [6, 6.07) is 5.90. The molecule has 0 saturated heterocycles. The van der Waals surface area contributed by atoms with Crippen LogP contribution in [0.5, 0.6) is 0 Å². The van der Waals surface area contributed by atoms with Gasteiger partial charge in [0, 0.05) is 10.8 Å². The molecular weight excluding hydrogens is 188 g/mol. The molecule has 1 aromatic carbocycles. The highest BCUT2D eigenvalue weighted by molar-refractivity contribution is 7.80. The van der Waals surface area contributed by atoms with E-state index in [9.17, 15) is 0 Å². The van der Waals surface area contributed by atoms with E-state index in [-0.39, 0.29) is 0 Å². The van der Waals surface area contributed by atoms with E-state index in [1.165, 1.54) is 5.56 Å². The molecule has 0 fully saturated rings. The van der Waals surface area contributed by atoms with E-state index in [0.717, 1.165) is 16.3 Å². The summed E-state index contributed by atoms with van der Waals surface area (Å²) in [5.74, 6) is 0.741. The summed E-state index contributed by atoms with van der Waals surface area (Å²) in [5, 5.41) is 0.799. The fourth-order valence-electron chi connectivity index (χ4n) is 1.03. The molecule has 0 nitrogen and oxygen atoms in total. The standard InChI is InChI=1S/C10H11ClS/c1-8-4-2-6-10(11)9(8)5-3-7-12/h2-6,12H,7H2,1H3. The van der Waals surface area contributed by atoms with Gasteiger partial charge in [0.15, 0.2) is 0 Å². The van der Waals surface area contributed by atoms with E-state index < -0.39 is 0 Å². The second kappa shape index (κ2) is 4.58. The number of thiol groups is 1. The summed E-state index contributed by atoms with van der Waals surface area (Å²) in [5.41, 5.74) is 2.29. The van der Waals surface area contributed by atoms with Gasteiger partial charge in [-0.3, -0.25) is 0 Å². The zero-order chi connectivity index (χ0) is 8.97. The van der Waals surface area contributed by atoms with Crippen LogP contribution in [0.15, 0.2) is 24.3 Å². The Morgan fingerprint density at radius 2 is 2.25 bits per heavy atom. The minimum atomic E-state index is 0.741. The van der Waals surface area contributed by atoms with Gasteiger partial charge in [0.1, 0.15) is 0 Å². The molecule has 0 aliphatic rings. The van der Waals surface area contributed by atoms with Crippen molar-refractivity contribution in [2.24, 2.45) is 0 Å². The van der Waals surface area contributed by atoms with Gasteiger partial charge in [-0.2, -0.15) is 12.6 Å². The number of rotatable bonds is 2. The van der Waals surface area contributed by atoms with Crippen LogP contribution >= 0.6 is 24.2 Å². The van der Waals surface area contributed by atoms with Crippen LogP contribution in [0.25, 0.3) is 6.08 Å². The number of hydrogen-bond donors (Lipinski definition) is 1. The minimum Gasteiger partial charge on any atom is -0.175 e. The summed E-state index contributed by atoms with van der Waals surface area (Å²) in [6.45, 7) is 2.05. The first kappa shape index (κ1) is 9.69. The van der Waals surface area contributed by atoms with Crippen molar-refractivity contribution in [3.05, 3.63) is 40.4 Å². The summed E-state index contributed by atoms with van der Waals surface area (Å²) >= 11 is 10.1. The lowest BCUT2D eigenvalue weighted by Gasteiger charge is -2.01. The van der Waals surface area contributed by atoms with Gasteiger partial charge in [0.25, 0.3) is 0 Å². The van der Waals surface area contributed by atoms with Crippen molar-refractivity contribution in [3.8, 4) is 0 Å². The van der Waals surface area contributed by atoms with Gasteiger partial charge in [0.2, 0.25) is 0 Å². The zero-order valence-electron chi connectivity index (χ0n) is 6.92. The Morgan fingerprint density at radius 3 is 2.83 bits per heavy atom. The highest BCUT2D eigenvalue weighted by Crippen LogP contribution is 2.20. The zero-order valence-corrected chi connectivity index (χ0v) is 8.57. The van der Waals surface area contributed by atoms with Gasteiger partial charge >= 0.3 is 0 Å². The van der Waals surface area contributed by atoms with E-state index in [4.69, 9.17) is 11.6 Å². The van der Waals surface area contributed by atoms with Crippen LogP contribution < -0.4 is 0 Å². The van der Waals surface area contributed by atoms with E-state index in [0.29, 0.717) is 0 Å². The molecule has 12 heavy (non-hydrogen) atoms. The van der Waals surface area contributed by atoms with Crippen LogP contribution in [0.1, 0.15) is 11.1 Å². The lowest BCUT2D eigenvalue weighted by molar-refractivity contribution is 1.44. The second-order valence-corrected chi connectivity index (χ2v) is 3.33. The van der Waals surface area contributed by atoms with Crippen molar-refractivity contribution in [2.75, 3.05) is 5.75 Å². The van der Waals surface area contributed by atoms with Crippen LogP contribution in [0.2, 0.25) is 5.02 Å². The molecule has 0 amide bonds. The lowest BCUT2D eigenvalue weighted by Crippen LogP contribution is -1.81. The summed E-state index contributed by atoms with van der Waals surface area (Å²) in [6.07, 6.45) is 3.99. The molecule has 0 radical (unpaired) electrons. The number of hydrogen-bond acceptors (Lipinski definition) is 1. The Balaban J connectivity index is 3.04. The van der Waals surface area contributed by atoms with Gasteiger partial charge in [0.05, 0.1) is 0 Å². The molecule has 0 bridgehead atoms. The van der Waals surface area contributed by atoms with E-state index >= 15 is 0 Å². The minimum absolute atomic E-state index is 0.741. The van der Waals surface area contributed by atoms with Crippen LogP contribution in [-0.4, -0.2) is 5.75 Å². The van der Waals surface area contributed by atoms with Crippen molar-refractivity contribution in [2.45, 2.75) is 6.92 Å². The van der Waals surface area contributed by atoms with Crippen molar-refractivity contribution < 1.29 is 0 Å². The highest BCUT2D eigenvalue weighted by Gasteiger charge is 1.97. The van der Waals surface area contributed by atoms with Crippen molar-refractivity contribution in [1.82, 2.24) is 0 Å². The molecule has 64 valence electrons. The summed E-state index contributed by atoms with van der Waals surface area (Å²) in [7, 11) is 0. The molecule has 1 aromatic rings. The lowest BCUT2D eigenvalue weighted by atomic mass is 10.1. The maximum Gasteiger partial charge on any atom is 0.0480 e. The van der Waals surface area contributed by atoms with Crippen molar-refractivity contribution >= 4 is 30.3 Å². The van der Waals surface area contributed by atoms with Crippen LogP contribution in [-0.2, 0) is 0 Å². The van der Waals surface area contributed by atoms with E-state index in [2.05, 4.69) is 12.6 Å². The first-order valence-corrected chi connectivity index (χ1v) is 4.79. The Morgan fingerprint density at radius 1 is 1.50 bits per heavy atom. The molecule has 0 aliphatic carbocycles. The monoisotopic (exact) mass is 198 g/mol. The SMILES string of the molecule is Cc1cccc(Cl)c1C=CCS. The quantitative estimate of drug-likeness (QED) is 0.690. The molecule has 0 atom stereocenters. The van der Waals surface area contributed by atoms with Crippen molar-refractivity contribution in [1.29, 1.82) is 0 Å². The predicted molar refractivity (Wildman–Crippen MR) is 59.1 cm³/mol. The van der Waals surface area contributed by atoms with Crippen LogP contribution in [0.3, 0.4) is 0 Å². The maximum atomic E-state index is 5.99. The van der Waals surface area contributed by atoms with Gasteiger partial charge in [-0.25, -0.2) is 0 Å². The normalized spacial score (nSPS) is 10.9. The van der Waals surface area contributed by atoms with Gasteiger partial charge in [-0.05, 0) is 24.1 Å². The molecular formula is C10H11ClS. The van der Waals surface area contributed by atoms with Crippen LogP contribution in [0, 0.1) is 6.92 Å². The van der Waals surface area contributed by atoms with Crippen LogP contribution in [0.4, 0.5) is 0 Å². The topological polar surface area (TPSA) is 0 Å². The molecule has 1 rings (SSSR count). The first-order chi connectivity index (χ1) is 5.75. The number of benzene rings is 1. The highest BCUT2D eigenvalue weighted by atomic mass is 35.5. The van der Waals surface area contributed by atoms with Gasteiger partial charge < -0.3 is 0 Å². The molecule has 0 unspecified atom stereocenters. The van der Waals surface area contributed by atoms with Gasteiger partial charge in [-0.15, -0.1) is 0 Å². The smallest absolute Gasteiger partial charge is 0.0480 e. The Hall–Kier alpha value is -0.400. The number of aryl methyl sites for hydroxylation is 1. The van der Waals surface area contributed by atoms with Crippen molar-refractivity contribution in [3.63, 3.8) is 0 Å². The average Bonchev–Trinajstić information content (AvgIpc) is 2.04. The first-order valence-electron chi connectivity index (χ1n) is 3.78. The Bertz CT molecular complexity index is 272. The molecule has 2 heteroatoms. The molecule has 0 aromatic heterocycles. The molecule has 0 heterocycles. The third kappa shape index (κ3) is 2.29. The van der Waals surface area contributed by atoms with E-state index in [1.54, 1.807) is 0 Å². The Kier molecular flexibility index (Phi) is 3.70. The number of halogens is 1. The molecule has 0 saturated carbocycles. The molecule has 0 spiro atoms. The fourth-order valence-corrected chi connectivity index (χ4v) is 1.42. The molecule has 0 aliphatic heterocycles. The fraction of sp³-hybridized carbons (Fsp3) is 0.200. The summed E-state index contributed by atoms with van der Waals surface area (Å²) < 4.78 is 0. The third-order valence-corrected chi connectivity index (χ3v) is 2.20. The summed E-state index contributed by atoms with van der Waals surface area (Å²) in [4.78, 5) is 0. The molecule has 0 N–H and O–H groups in total. The largest absolute Gasteiger partial charge is 0.175 e. The van der Waals surface area contributed by atoms with Gasteiger partial charge in [-0.1, -0.05) is 35.9 Å².